The summed E-state index contributed by atoms with van der Waals surface area (Å²) in [6.07, 6.45) is -0.0680. The van der Waals surface area contributed by atoms with Gasteiger partial charge in [0.05, 0.1) is 6.54 Å². The standard InChI is InChI=1S/C21H30N4O7/c1-21(2,3)32-20(31)24-11-16(26)22-12-17(27)25-15(19(30)23-13-18(28)29)10-9-14-7-5-4-6-8-14/h4-8,15H,9-13H2,1-3H3,(H,22,26)(H,23,30)(H,24,31)(H,25,27)(H,28,29)/t15-/m0/s1. The number of carboxylic acid groups (broad SMARTS) is 1. The third-order valence-corrected chi connectivity index (χ3v) is 3.87. The van der Waals surface area contributed by atoms with Gasteiger partial charge >= 0.3 is 12.1 Å². The zero-order valence-electron chi connectivity index (χ0n) is 18.4. The number of alkyl carbamates (subject to hydrolysis) is 1. The highest BCUT2D eigenvalue weighted by Crippen LogP contribution is 2.06. The Balaban J connectivity index is 2.53. The quantitative estimate of drug-likeness (QED) is 0.315. The van der Waals surface area contributed by atoms with Crippen molar-refractivity contribution in [1.29, 1.82) is 0 Å². The molecule has 11 nitrogen and oxygen atoms in total. The number of hydrogen-bond acceptors (Lipinski definition) is 6. The van der Waals surface area contributed by atoms with Crippen LogP contribution >= 0.6 is 0 Å². The van der Waals surface area contributed by atoms with Crippen molar-refractivity contribution in [1.82, 2.24) is 21.3 Å². The molecule has 0 spiro atoms. The molecule has 0 unspecified atom stereocenters. The largest absolute Gasteiger partial charge is 0.480 e. The van der Waals surface area contributed by atoms with Gasteiger partial charge in [0.15, 0.2) is 0 Å². The van der Waals surface area contributed by atoms with Gasteiger partial charge in [0.2, 0.25) is 17.7 Å². The minimum atomic E-state index is -1.21. The zero-order chi connectivity index (χ0) is 24.1. The Morgan fingerprint density at radius 3 is 2.12 bits per heavy atom. The van der Waals surface area contributed by atoms with Crippen molar-refractivity contribution in [3.8, 4) is 0 Å². The van der Waals surface area contributed by atoms with E-state index in [9.17, 15) is 24.0 Å². The molecule has 1 rings (SSSR count). The van der Waals surface area contributed by atoms with Crippen LogP contribution < -0.4 is 21.3 Å². The van der Waals surface area contributed by atoms with Crippen molar-refractivity contribution in [3.05, 3.63) is 35.9 Å². The Morgan fingerprint density at radius 2 is 1.53 bits per heavy atom. The van der Waals surface area contributed by atoms with E-state index in [-0.39, 0.29) is 6.42 Å². The van der Waals surface area contributed by atoms with E-state index in [1.807, 2.05) is 30.3 Å². The summed E-state index contributed by atoms with van der Waals surface area (Å²) in [6, 6.07) is 8.28. The van der Waals surface area contributed by atoms with E-state index in [2.05, 4.69) is 21.3 Å². The smallest absolute Gasteiger partial charge is 0.408 e. The average Bonchev–Trinajstić information content (AvgIpc) is 2.71. The summed E-state index contributed by atoms with van der Waals surface area (Å²) in [5.41, 5.74) is 0.232. The SMILES string of the molecule is CC(C)(C)OC(=O)NCC(=O)NCC(=O)N[C@@H](CCc1ccccc1)C(=O)NCC(=O)O. The third kappa shape index (κ3) is 12.2. The molecule has 0 fully saturated rings. The number of rotatable bonds is 11. The van der Waals surface area contributed by atoms with E-state index in [1.165, 1.54) is 0 Å². The summed E-state index contributed by atoms with van der Waals surface area (Å²) in [5.74, 6) is -3.12. The highest BCUT2D eigenvalue weighted by atomic mass is 16.6. The highest BCUT2D eigenvalue weighted by molar-refractivity contribution is 5.91. The first-order chi connectivity index (χ1) is 15.0. The van der Waals surface area contributed by atoms with E-state index in [4.69, 9.17) is 9.84 Å². The maximum Gasteiger partial charge on any atom is 0.408 e. The molecule has 0 aliphatic heterocycles. The van der Waals surface area contributed by atoms with E-state index in [0.29, 0.717) is 6.42 Å². The predicted molar refractivity (Wildman–Crippen MR) is 115 cm³/mol. The fourth-order valence-electron chi connectivity index (χ4n) is 2.46. The molecule has 1 atom stereocenters. The molecule has 1 aromatic rings. The monoisotopic (exact) mass is 450 g/mol. The summed E-state index contributed by atoms with van der Waals surface area (Å²) in [6.45, 7) is 3.64. The fourth-order valence-corrected chi connectivity index (χ4v) is 2.46. The Bertz CT molecular complexity index is 806. The summed E-state index contributed by atoms with van der Waals surface area (Å²) in [7, 11) is 0. The molecule has 1 aromatic carbocycles. The Kier molecular flexibility index (Phi) is 10.7. The number of nitrogens with one attached hydrogen (secondary N) is 4. The first kappa shape index (κ1) is 26.4. The van der Waals surface area contributed by atoms with Crippen molar-refractivity contribution < 1.29 is 33.8 Å². The van der Waals surface area contributed by atoms with Crippen LogP contribution in [0, 0.1) is 0 Å². The number of ether oxygens (including phenoxy) is 1. The van der Waals surface area contributed by atoms with Crippen LogP contribution in [0.1, 0.15) is 32.8 Å². The van der Waals surface area contributed by atoms with Crippen molar-refractivity contribution >= 4 is 29.8 Å². The van der Waals surface area contributed by atoms with Gasteiger partial charge in [-0.15, -0.1) is 0 Å². The summed E-state index contributed by atoms with van der Waals surface area (Å²) in [4.78, 5) is 58.6. The van der Waals surface area contributed by atoms with Crippen molar-refractivity contribution in [3.63, 3.8) is 0 Å². The summed E-state index contributed by atoms with van der Waals surface area (Å²) < 4.78 is 5.00. The van der Waals surface area contributed by atoms with Gasteiger partial charge < -0.3 is 31.1 Å². The topological polar surface area (TPSA) is 163 Å². The molecule has 4 amide bonds. The first-order valence-corrected chi connectivity index (χ1v) is 10.0. The normalized spacial score (nSPS) is 11.6. The molecule has 0 saturated heterocycles. The molecule has 0 heterocycles. The molecule has 32 heavy (non-hydrogen) atoms. The second kappa shape index (κ2) is 12.9. The van der Waals surface area contributed by atoms with Crippen LogP contribution in [0.2, 0.25) is 0 Å². The van der Waals surface area contributed by atoms with E-state index < -0.39 is 61.1 Å². The van der Waals surface area contributed by atoms with Gasteiger partial charge in [-0.1, -0.05) is 30.3 Å². The van der Waals surface area contributed by atoms with Gasteiger partial charge in [0.25, 0.3) is 0 Å². The molecule has 0 radical (unpaired) electrons. The van der Waals surface area contributed by atoms with Crippen LogP contribution in [-0.2, 0) is 30.3 Å². The van der Waals surface area contributed by atoms with Crippen LogP contribution in [0.15, 0.2) is 30.3 Å². The molecule has 176 valence electrons. The average molecular weight is 450 g/mol. The molecule has 11 heteroatoms. The molecular formula is C21H30N4O7. The molecule has 0 aliphatic carbocycles. The highest BCUT2D eigenvalue weighted by Gasteiger charge is 2.22. The molecule has 0 aliphatic rings. The van der Waals surface area contributed by atoms with Gasteiger partial charge in [-0.2, -0.15) is 0 Å². The molecule has 0 saturated carbocycles. The van der Waals surface area contributed by atoms with Crippen LogP contribution in [0.4, 0.5) is 4.79 Å². The first-order valence-electron chi connectivity index (χ1n) is 10.0. The molecule has 0 bridgehead atoms. The number of aliphatic carboxylic acids is 1. The molecular weight excluding hydrogens is 420 g/mol. The number of aryl methyl sites for hydroxylation is 1. The van der Waals surface area contributed by atoms with Gasteiger partial charge in [-0.25, -0.2) is 4.79 Å². The summed E-state index contributed by atoms with van der Waals surface area (Å²) >= 11 is 0. The Labute approximate surface area is 186 Å². The minimum absolute atomic E-state index is 0.231. The lowest BCUT2D eigenvalue weighted by molar-refractivity contribution is -0.138. The van der Waals surface area contributed by atoms with Crippen molar-refractivity contribution in [2.24, 2.45) is 0 Å². The molecule has 5 N–H and O–H groups in total. The number of carboxylic acids is 1. The lowest BCUT2D eigenvalue weighted by Crippen LogP contribution is -2.51. The van der Waals surface area contributed by atoms with E-state index >= 15 is 0 Å². The van der Waals surface area contributed by atoms with Crippen molar-refractivity contribution in [2.75, 3.05) is 19.6 Å². The maximum absolute atomic E-state index is 12.3. The number of amides is 4. The van der Waals surface area contributed by atoms with Gasteiger partial charge in [-0.3, -0.25) is 19.2 Å². The Hall–Kier alpha value is -3.63. The number of hydrogen-bond donors (Lipinski definition) is 5. The van der Waals surface area contributed by atoms with Gasteiger partial charge in [0.1, 0.15) is 24.7 Å². The fraction of sp³-hybridized carbons (Fsp3) is 0.476. The van der Waals surface area contributed by atoms with Gasteiger partial charge in [-0.05, 0) is 39.2 Å². The van der Waals surface area contributed by atoms with Crippen LogP contribution in [-0.4, -0.2) is 66.2 Å². The minimum Gasteiger partial charge on any atom is -0.480 e. The Morgan fingerprint density at radius 1 is 0.906 bits per heavy atom. The second-order valence-corrected chi connectivity index (χ2v) is 7.89. The molecule has 0 aromatic heterocycles. The van der Waals surface area contributed by atoms with Crippen LogP contribution in [0.3, 0.4) is 0 Å². The predicted octanol–water partition coefficient (Wildman–Crippen LogP) is -0.0543. The van der Waals surface area contributed by atoms with Crippen LogP contribution in [0.25, 0.3) is 0 Å². The second-order valence-electron chi connectivity index (χ2n) is 7.89. The lowest BCUT2D eigenvalue weighted by atomic mass is 10.0. The van der Waals surface area contributed by atoms with E-state index in [0.717, 1.165) is 5.56 Å². The number of carbonyl (C=O) groups is 5. The number of benzene rings is 1. The number of carbonyl (C=O) groups excluding carboxylic acids is 4. The lowest BCUT2D eigenvalue weighted by Gasteiger charge is -2.20. The summed E-state index contributed by atoms with van der Waals surface area (Å²) in [5, 5.41) is 18.1. The van der Waals surface area contributed by atoms with Gasteiger partial charge in [0, 0.05) is 0 Å². The van der Waals surface area contributed by atoms with Crippen molar-refractivity contribution in [2.45, 2.75) is 45.3 Å². The zero-order valence-corrected chi connectivity index (χ0v) is 18.4. The maximum atomic E-state index is 12.3. The van der Waals surface area contributed by atoms with E-state index in [1.54, 1.807) is 20.8 Å². The van der Waals surface area contributed by atoms with Crippen LogP contribution in [0.5, 0.6) is 0 Å². The third-order valence-electron chi connectivity index (χ3n) is 3.87.